The predicted octanol–water partition coefficient (Wildman–Crippen LogP) is 4.96. The minimum absolute atomic E-state index is 0.441. The molecule has 2 aromatic rings. The summed E-state index contributed by atoms with van der Waals surface area (Å²) in [4.78, 5) is 0. The van der Waals surface area contributed by atoms with E-state index >= 15 is 0 Å². The Bertz CT molecular complexity index is 590. The highest BCUT2D eigenvalue weighted by Gasteiger charge is 2.13. The van der Waals surface area contributed by atoms with Gasteiger partial charge in [-0.25, -0.2) is 0 Å². The van der Waals surface area contributed by atoms with E-state index in [9.17, 15) is 0 Å². The quantitative estimate of drug-likeness (QED) is 0.754. The van der Waals surface area contributed by atoms with Gasteiger partial charge in [0.05, 0.1) is 16.4 Å². The van der Waals surface area contributed by atoms with E-state index in [1.54, 1.807) is 0 Å². The van der Waals surface area contributed by atoms with Gasteiger partial charge in [0.1, 0.15) is 12.4 Å². The summed E-state index contributed by atoms with van der Waals surface area (Å²) in [5.41, 5.74) is 3.13. The van der Waals surface area contributed by atoms with Crippen LogP contribution in [0.25, 0.3) is 0 Å². The number of hydrogen-bond acceptors (Lipinski definition) is 2. The first-order chi connectivity index (χ1) is 10.1. The lowest BCUT2D eigenvalue weighted by molar-refractivity contribution is 0.292. The minimum Gasteiger partial charge on any atom is -0.487 e. The zero-order valence-electron chi connectivity index (χ0n) is 13.2. The molecule has 1 aromatic heterocycles. The summed E-state index contributed by atoms with van der Waals surface area (Å²) >= 11 is 6.28. The van der Waals surface area contributed by atoms with Crippen molar-refractivity contribution in [2.24, 2.45) is 0 Å². The molecule has 0 radical (unpaired) electrons. The van der Waals surface area contributed by atoms with E-state index in [2.05, 4.69) is 31.1 Å². The Kier molecular flexibility index (Phi) is 5.29. The highest BCUT2D eigenvalue weighted by Crippen LogP contribution is 2.24. The lowest BCUT2D eigenvalue weighted by atomic mass is 9.99. The maximum atomic E-state index is 6.28. The Balaban J connectivity index is 2.06. The van der Waals surface area contributed by atoms with Gasteiger partial charge in [-0.05, 0) is 43.9 Å². The molecule has 1 heterocycles. The maximum absolute atomic E-state index is 6.28. The van der Waals surface area contributed by atoms with Gasteiger partial charge in [0, 0.05) is 6.54 Å². The zero-order chi connectivity index (χ0) is 15.4. The van der Waals surface area contributed by atoms with Crippen LogP contribution in [0.15, 0.2) is 24.3 Å². The number of nitrogens with zero attached hydrogens (tertiary/aromatic N) is 2. The molecule has 0 aliphatic heterocycles. The minimum atomic E-state index is 0.441. The summed E-state index contributed by atoms with van der Waals surface area (Å²) in [5, 5.41) is 5.10. The normalized spacial score (nSPS) is 12.4. The van der Waals surface area contributed by atoms with Crippen LogP contribution < -0.4 is 4.74 Å². The van der Waals surface area contributed by atoms with Gasteiger partial charge in [0.15, 0.2) is 0 Å². The molecule has 0 saturated carbocycles. The number of rotatable bonds is 6. The van der Waals surface area contributed by atoms with Gasteiger partial charge < -0.3 is 4.74 Å². The Hall–Kier alpha value is -1.48. The molecule has 1 atom stereocenters. The van der Waals surface area contributed by atoms with E-state index < -0.39 is 0 Å². The lowest BCUT2D eigenvalue weighted by Crippen LogP contribution is -2.06. The molecule has 114 valence electrons. The first-order valence-electron chi connectivity index (χ1n) is 7.51. The maximum Gasteiger partial charge on any atom is 0.131 e. The highest BCUT2D eigenvalue weighted by atomic mass is 35.5. The fraction of sp³-hybridized carbons (Fsp3) is 0.471. The molecular formula is C17H23ClN2O. The van der Waals surface area contributed by atoms with Crippen LogP contribution in [0.1, 0.15) is 50.1 Å². The Morgan fingerprint density at radius 1 is 1.24 bits per heavy atom. The lowest BCUT2D eigenvalue weighted by Gasteiger charge is -2.11. The third-order valence-electron chi connectivity index (χ3n) is 3.89. The molecule has 0 N–H and O–H groups in total. The van der Waals surface area contributed by atoms with Crippen molar-refractivity contribution in [2.75, 3.05) is 0 Å². The first-order valence-corrected chi connectivity index (χ1v) is 7.89. The number of aryl methyl sites for hydroxylation is 2. The summed E-state index contributed by atoms with van der Waals surface area (Å²) in [6.07, 6.45) is 1.14. The number of aromatic nitrogens is 2. The van der Waals surface area contributed by atoms with Gasteiger partial charge in [-0.3, -0.25) is 4.68 Å². The Morgan fingerprint density at radius 2 is 1.90 bits per heavy atom. The van der Waals surface area contributed by atoms with Crippen LogP contribution in [0.3, 0.4) is 0 Å². The molecule has 0 spiro atoms. The van der Waals surface area contributed by atoms with Crippen molar-refractivity contribution in [3.8, 4) is 5.75 Å². The second-order valence-electron chi connectivity index (χ2n) is 5.33. The topological polar surface area (TPSA) is 27.1 Å². The van der Waals surface area contributed by atoms with Crippen molar-refractivity contribution in [1.29, 1.82) is 0 Å². The number of halogens is 1. The van der Waals surface area contributed by atoms with E-state index in [1.165, 1.54) is 5.56 Å². The van der Waals surface area contributed by atoms with E-state index in [4.69, 9.17) is 16.3 Å². The fourth-order valence-electron chi connectivity index (χ4n) is 2.29. The van der Waals surface area contributed by atoms with Crippen LogP contribution >= 0.6 is 11.6 Å². The molecule has 0 amide bonds. The average Bonchev–Trinajstić information content (AvgIpc) is 2.79. The van der Waals surface area contributed by atoms with Crippen molar-refractivity contribution in [1.82, 2.24) is 9.78 Å². The van der Waals surface area contributed by atoms with Gasteiger partial charge in [-0.15, -0.1) is 0 Å². The van der Waals surface area contributed by atoms with E-state index in [1.807, 2.05) is 30.7 Å². The smallest absolute Gasteiger partial charge is 0.131 e. The van der Waals surface area contributed by atoms with Crippen LogP contribution in [0.2, 0.25) is 5.02 Å². The summed E-state index contributed by atoms with van der Waals surface area (Å²) in [6.45, 7) is 9.63. The predicted molar refractivity (Wildman–Crippen MR) is 87.1 cm³/mol. The van der Waals surface area contributed by atoms with Gasteiger partial charge in [0.25, 0.3) is 0 Å². The molecule has 0 aliphatic rings. The molecule has 21 heavy (non-hydrogen) atoms. The Morgan fingerprint density at radius 3 is 2.48 bits per heavy atom. The SMILES string of the molecule is CCC(C)c1ccc(OCc2c(Cl)c(C)nn2CC)cc1. The van der Waals surface area contributed by atoms with Crippen LogP contribution in [0, 0.1) is 6.92 Å². The van der Waals surface area contributed by atoms with Crippen molar-refractivity contribution in [2.45, 2.75) is 53.2 Å². The third-order valence-corrected chi connectivity index (χ3v) is 4.38. The molecule has 3 nitrogen and oxygen atoms in total. The fourth-order valence-corrected chi connectivity index (χ4v) is 2.48. The summed E-state index contributed by atoms with van der Waals surface area (Å²) < 4.78 is 7.75. The highest BCUT2D eigenvalue weighted by molar-refractivity contribution is 6.31. The molecule has 2 rings (SSSR count). The van der Waals surface area contributed by atoms with Crippen molar-refractivity contribution in [3.63, 3.8) is 0 Å². The van der Waals surface area contributed by atoms with Crippen LogP contribution in [-0.2, 0) is 13.2 Å². The molecular weight excluding hydrogens is 284 g/mol. The molecule has 0 aliphatic carbocycles. The van der Waals surface area contributed by atoms with E-state index in [0.717, 1.165) is 30.1 Å². The molecule has 4 heteroatoms. The first kappa shape index (κ1) is 15.9. The van der Waals surface area contributed by atoms with Crippen LogP contribution in [0.5, 0.6) is 5.75 Å². The molecule has 0 fully saturated rings. The number of ether oxygens (including phenoxy) is 1. The molecule has 1 aromatic carbocycles. The molecule has 0 bridgehead atoms. The third kappa shape index (κ3) is 3.59. The summed E-state index contributed by atoms with van der Waals surface area (Å²) in [5.74, 6) is 1.44. The van der Waals surface area contributed by atoms with Gasteiger partial charge in [0.2, 0.25) is 0 Å². The summed E-state index contributed by atoms with van der Waals surface area (Å²) in [6, 6.07) is 8.31. The van der Waals surface area contributed by atoms with E-state index in [0.29, 0.717) is 17.5 Å². The number of benzene rings is 1. The molecule has 0 saturated heterocycles. The van der Waals surface area contributed by atoms with Gasteiger partial charge >= 0.3 is 0 Å². The largest absolute Gasteiger partial charge is 0.487 e. The summed E-state index contributed by atoms with van der Waals surface area (Å²) in [7, 11) is 0. The Labute approximate surface area is 131 Å². The standard InChI is InChI=1S/C17H23ClN2O/c1-5-12(3)14-7-9-15(10-8-14)21-11-16-17(18)13(4)19-20(16)6-2/h7-10,12H,5-6,11H2,1-4H3. The van der Waals surface area contributed by atoms with Crippen molar-refractivity contribution < 1.29 is 4.74 Å². The second kappa shape index (κ2) is 6.99. The van der Waals surface area contributed by atoms with Crippen LogP contribution in [0.4, 0.5) is 0 Å². The molecule has 1 unspecified atom stereocenters. The number of hydrogen-bond donors (Lipinski definition) is 0. The zero-order valence-corrected chi connectivity index (χ0v) is 13.9. The van der Waals surface area contributed by atoms with Crippen molar-refractivity contribution in [3.05, 3.63) is 46.2 Å². The average molecular weight is 307 g/mol. The van der Waals surface area contributed by atoms with E-state index in [-0.39, 0.29) is 0 Å². The second-order valence-corrected chi connectivity index (χ2v) is 5.71. The van der Waals surface area contributed by atoms with Gasteiger partial charge in [-0.2, -0.15) is 5.10 Å². The van der Waals surface area contributed by atoms with Gasteiger partial charge in [-0.1, -0.05) is 37.6 Å². The van der Waals surface area contributed by atoms with Crippen LogP contribution in [-0.4, -0.2) is 9.78 Å². The van der Waals surface area contributed by atoms with Crippen molar-refractivity contribution >= 4 is 11.6 Å². The monoisotopic (exact) mass is 306 g/mol.